The third kappa shape index (κ3) is 6.20. The van der Waals surface area contributed by atoms with Crippen LogP contribution in [0.2, 0.25) is 0 Å². The average Bonchev–Trinajstić information content (AvgIpc) is 3.19. The Balaban J connectivity index is 0.00000289. The van der Waals surface area contributed by atoms with Crippen LogP contribution in [0, 0.1) is 12.8 Å². The number of nitrogens with zero attached hydrogens (tertiary/aromatic N) is 4. The van der Waals surface area contributed by atoms with Crippen LogP contribution in [0.1, 0.15) is 48.1 Å². The van der Waals surface area contributed by atoms with E-state index in [4.69, 9.17) is 9.47 Å². The van der Waals surface area contributed by atoms with Crippen LogP contribution in [0.25, 0.3) is 0 Å². The van der Waals surface area contributed by atoms with E-state index in [-0.39, 0.29) is 36.1 Å². The van der Waals surface area contributed by atoms with Crippen LogP contribution in [-0.4, -0.2) is 54.1 Å². The lowest BCUT2D eigenvalue weighted by Crippen LogP contribution is -2.48. The van der Waals surface area contributed by atoms with Crippen molar-refractivity contribution in [2.45, 2.75) is 57.9 Å². The molecule has 176 valence electrons. The van der Waals surface area contributed by atoms with Gasteiger partial charge in [-0.1, -0.05) is 29.8 Å². The molecule has 0 amide bonds. The minimum Gasteiger partial charge on any atom is -0.377 e. The molecule has 0 saturated carbocycles. The lowest BCUT2D eigenvalue weighted by molar-refractivity contribution is -0.0265. The van der Waals surface area contributed by atoms with Gasteiger partial charge in [0, 0.05) is 45.7 Å². The fourth-order valence-corrected chi connectivity index (χ4v) is 4.46. The Labute approximate surface area is 207 Å². The Kier molecular flexibility index (Phi) is 9.30. The second kappa shape index (κ2) is 11.9. The third-order valence-electron chi connectivity index (χ3n) is 6.12. The van der Waals surface area contributed by atoms with Gasteiger partial charge in [-0.15, -0.1) is 24.0 Å². The summed E-state index contributed by atoms with van der Waals surface area (Å²) in [6.07, 6.45) is 4.28. The summed E-state index contributed by atoms with van der Waals surface area (Å²) < 4.78 is 13.3. The summed E-state index contributed by atoms with van der Waals surface area (Å²) in [7, 11) is 3.49. The molecule has 9 heteroatoms. The summed E-state index contributed by atoms with van der Waals surface area (Å²) in [6.45, 7) is 5.01. The third-order valence-corrected chi connectivity index (χ3v) is 6.12. The standard InChI is InChI=1S/C23H34N6O2.HI/c1-16-6-8-17(9-7-16)22-18(5-4-12-31-22)13-25-23(24-2)26-19-10-11-21-27-20(15-30-3)28-29(21)14-19;/h6-9,18-19,22H,4-5,10-15H2,1-3H3,(H2,24,25,26);1H. The SMILES string of the molecule is CN=C(NCC1CCCOC1c1ccc(C)cc1)NC1CCc2nc(COC)nn2C1.I. The molecule has 8 nitrogen and oxygen atoms in total. The summed E-state index contributed by atoms with van der Waals surface area (Å²) in [5.41, 5.74) is 2.54. The minimum absolute atomic E-state index is 0. The second-order valence-corrected chi connectivity index (χ2v) is 8.50. The average molecular weight is 554 g/mol. The normalized spacial score (nSPS) is 23.2. The molecular weight excluding hydrogens is 519 g/mol. The monoisotopic (exact) mass is 554 g/mol. The molecule has 2 aliphatic rings. The molecule has 0 aliphatic carbocycles. The van der Waals surface area contributed by atoms with Crippen molar-refractivity contribution in [3.05, 3.63) is 47.0 Å². The Bertz CT molecular complexity index is 885. The van der Waals surface area contributed by atoms with E-state index in [1.54, 1.807) is 7.11 Å². The van der Waals surface area contributed by atoms with Crippen molar-refractivity contribution in [3.63, 3.8) is 0 Å². The molecule has 1 aromatic heterocycles. The first-order valence-corrected chi connectivity index (χ1v) is 11.2. The van der Waals surface area contributed by atoms with Gasteiger partial charge in [0.05, 0.1) is 12.6 Å². The van der Waals surface area contributed by atoms with Gasteiger partial charge in [-0.2, -0.15) is 5.10 Å². The number of aliphatic imine (C=N–C) groups is 1. The molecule has 0 spiro atoms. The molecule has 32 heavy (non-hydrogen) atoms. The van der Waals surface area contributed by atoms with Crippen LogP contribution >= 0.6 is 24.0 Å². The number of hydrogen-bond acceptors (Lipinski definition) is 5. The van der Waals surface area contributed by atoms with Crippen LogP contribution < -0.4 is 10.6 Å². The van der Waals surface area contributed by atoms with Crippen molar-refractivity contribution < 1.29 is 9.47 Å². The van der Waals surface area contributed by atoms with Crippen molar-refractivity contribution in [3.8, 4) is 0 Å². The Morgan fingerprint density at radius 1 is 1.28 bits per heavy atom. The fraction of sp³-hybridized carbons (Fsp3) is 0.609. The summed E-state index contributed by atoms with van der Waals surface area (Å²) in [5, 5.41) is 11.7. The number of aryl methyl sites for hydroxylation is 2. The Morgan fingerprint density at radius 2 is 2.09 bits per heavy atom. The predicted molar refractivity (Wildman–Crippen MR) is 135 cm³/mol. The summed E-state index contributed by atoms with van der Waals surface area (Å²) in [6, 6.07) is 8.99. The van der Waals surface area contributed by atoms with Crippen molar-refractivity contribution in [2.24, 2.45) is 10.9 Å². The van der Waals surface area contributed by atoms with Crippen LogP contribution in [0.15, 0.2) is 29.3 Å². The van der Waals surface area contributed by atoms with Gasteiger partial charge in [0.1, 0.15) is 12.4 Å². The number of halogens is 1. The maximum Gasteiger partial charge on any atom is 0.191 e. The molecule has 0 radical (unpaired) electrons. The maximum atomic E-state index is 6.16. The molecule has 2 N–H and O–H groups in total. The van der Waals surface area contributed by atoms with E-state index in [1.807, 2.05) is 11.7 Å². The predicted octanol–water partition coefficient (Wildman–Crippen LogP) is 3.00. The Hall–Kier alpha value is -1.72. The topological polar surface area (TPSA) is 85.6 Å². The number of guanidine groups is 1. The zero-order chi connectivity index (χ0) is 21.6. The van der Waals surface area contributed by atoms with Crippen LogP contribution in [0.3, 0.4) is 0 Å². The van der Waals surface area contributed by atoms with E-state index >= 15 is 0 Å². The molecule has 3 heterocycles. The van der Waals surface area contributed by atoms with Crippen molar-refractivity contribution in [2.75, 3.05) is 27.3 Å². The van der Waals surface area contributed by atoms with Crippen molar-refractivity contribution in [1.82, 2.24) is 25.4 Å². The van der Waals surface area contributed by atoms with Gasteiger partial charge >= 0.3 is 0 Å². The van der Waals surface area contributed by atoms with E-state index in [1.165, 1.54) is 11.1 Å². The summed E-state index contributed by atoms with van der Waals surface area (Å²) in [5.74, 6) is 3.03. The van der Waals surface area contributed by atoms with E-state index in [2.05, 4.69) is 56.9 Å². The van der Waals surface area contributed by atoms with E-state index in [0.29, 0.717) is 12.5 Å². The number of hydrogen-bond donors (Lipinski definition) is 2. The highest BCUT2D eigenvalue weighted by atomic mass is 127. The van der Waals surface area contributed by atoms with Crippen LogP contribution in [-0.2, 0) is 29.0 Å². The van der Waals surface area contributed by atoms with Crippen molar-refractivity contribution >= 4 is 29.9 Å². The second-order valence-electron chi connectivity index (χ2n) is 8.50. The van der Waals surface area contributed by atoms with E-state index in [0.717, 1.165) is 63.0 Å². The van der Waals surface area contributed by atoms with Crippen molar-refractivity contribution in [1.29, 1.82) is 0 Å². The van der Waals surface area contributed by atoms with E-state index < -0.39 is 0 Å². The first-order valence-electron chi connectivity index (χ1n) is 11.2. The summed E-state index contributed by atoms with van der Waals surface area (Å²) in [4.78, 5) is 9.01. The number of nitrogens with one attached hydrogen (secondary N) is 2. The van der Waals surface area contributed by atoms with Gasteiger partial charge in [-0.25, -0.2) is 9.67 Å². The number of ether oxygens (including phenoxy) is 2. The van der Waals surface area contributed by atoms with Gasteiger partial charge < -0.3 is 20.1 Å². The lowest BCUT2D eigenvalue weighted by atomic mass is 9.89. The first-order chi connectivity index (χ1) is 15.2. The number of benzene rings is 1. The number of rotatable bonds is 6. The number of methoxy groups -OCH3 is 1. The smallest absolute Gasteiger partial charge is 0.191 e. The fourth-order valence-electron chi connectivity index (χ4n) is 4.46. The zero-order valence-electron chi connectivity index (χ0n) is 19.2. The Morgan fingerprint density at radius 3 is 2.84 bits per heavy atom. The number of aromatic nitrogens is 3. The van der Waals surface area contributed by atoms with Crippen LogP contribution in [0.5, 0.6) is 0 Å². The molecule has 1 saturated heterocycles. The molecule has 2 aliphatic heterocycles. The van der Waals surface area contributed by atoms with Gasteiger partial charge in [-0.05, 0) is 31.7 Å². The largest absolute Gasteiger partial charge is 0.377 e. The minimum atomic E-state index is 0. The van der Waals surface area contributed by atoms with Gasteiger partial charge in [0.2, 0.25) is 0 Å². The quantitative estimate of drug-likeness (QED) is 0.325. The van der Waals surface area contributed by atoms with Gasteiger partial charge in [-0.3, -0.25) is 4.99 Å². The molecule has 0 bridgehead atoms. The zero-order valence-corrected chi connectivity index (χ0v) is 21.5. The summed E-state index contributed by atoms with van der Waals surface area (Å²) >= 11 is 0. The molecule has 1 aromatic carbocycles. The lowest BCUT2D eigenvalue weighted by Gasteiger charge is -2.33. The highest BCUT2D eigenvalue weighted by molar-refractivity contribution is 14.0. The van der Waals surface area contributed by atoms with Gasteiger partial charge in [0.25, 0.3) is 0 Å². The molecule has 4 rings (SSSR count). The molecule has 3 atom stereocenters. The highest BCUT2D eigenvalue weighted by Gasteiger charge is 2.28. The molecule has 1 fully saturated rings. The van der Waals surface area contributed by atoms with E-state index in [9.17, 15) is 0 Å². The number of fused-ring (bicyclic) bond motifs is 1. The van der Waals surface area contributed by atoms with Gasteiger partial charge in [0.15, 0.2) is 11.8 Å². The molecule has 3 unspecified atom stereocenters. The first kappa shape index (κ1) is 24.9. The molecule has 2 aromatic rings. The maximum absolute atomic E-state index is 6.16. The van der Waals surface area contributed by atoms with Crippen LogP contribution in [0.4, 0.5) is 0 Å². The highest BCUT2D eigenvalue weighted by Crippen LogP contribution is 2.33. The molecular formula is C23H35IN6O2.